The zero-order valence-electron chi connectivity index (χ0n) is 17.5. The SMILES string of the molecule is Fc1ccc(N2CCN([C@@H](c3ccccc3)c3nnnn3C[C@H]3CCCO3)CC2)cc1. The number of hydrogen-bond acceptors (Lipinski definition) is 6. The molecule has 2 aliphatic rings. The molecule has 2 atom stereocenters. The molecule has 0 spiro atoms. The monoisotopic (exact) mass is 422 g/mol. The Balaban J connectivity index is 1.37. The Labute approximate surface area is 181 Å². The highest BCUT2D eigenvalue weighted by molar-refractivity contribution is 5.46. The smallest absolute Gasteiger partial charge is 0.173 e. The molecule has 0 aliphatic carbocycles. The minimum Gasteiger partial charge on any atom is -0.376 e. The van der Waals surface area contributed by atoms with Crippen molar-refractivity contribution in [3.63, 3.8) is 0 Å². The number of rotatable bonds is 6. The summed E-state index contributed by atoms with van der Waals surface area (Å²) in [5.74, 6) is 0.654. The van der Waals surface area contributed by atoms with Gasteiger partial charge in [0.25, 0.3) is 0 Å². The van der Waals surface area contributed by atoms with E-state index in [-0.39, 0.29) is 18.0 Å². The Kier molecular flexibility index (Phi) is 5.90. The highest BCUT2D eigenvalue weighted by atomic mass is 19.1. The standard InChI is InChI=1S/C23H27FN6O/c24-19-8-10-20(11-9-19)28-12-14-29(15-13-28)22(18-5-2-1-3-6-18)23-25-26-27-30(23)17-21-7-4-16-31-21/h1-3,5-6,8-11,21-22H,4,7,12-17H2/t21-,22+/m1/s1. The van der Waals surface area contributed by atoms with Crippen LogP contribution in [0, 0.1) is 5.82 Å². The fraction of sp³-hybridized carbons (Fsp3) is 0.435. The van der Waals surface area contributed by atoms with E-state index < -0.39 is 0 Å². The summed E-state index contributed by atoms with van der Waals surface area (Å²) < 4.78 is 21.0. The van der Waals surface area contributed by atoms with Gasteiger partial charge in [0, 0.05) is 38.5 Å². The molecule has 0 saturated carbocycles. The fourth-order valence-corrected chi connectivity index (χ4v) is 4.57. The van der Waals surface area contributed by atoms with Crippen LogP contribution in [0.1, 0.15) is 30.3 Å². The highest BCUT2D eigenvalue weighted by Crippen LogP contribution is 2.29. The molecule has 2 fully saturated rings. The number of hydrogen-bond donors (Lipinski definition) is 0. The third kappa shape index (κ3) is 4.45. The Morgan fingerprint density at radius 3 is 2.48 bits per heavy atom. The minimum atomic E-state index is -0.204. The average molecular weight is 423 g/mol. The summed E-state index contributed by atoms with van der Waals surface area (Å²) in [6, 6.07) is 17.2. The summed E-state index contributed by atoms with van der Waals surface area (Å²) in [5.41, 5.74) is 2.24. The first-order valence-electron chi connectivity index (χ1n) is 10.9. The van der Waals surface area contributed by atoms with E-state index >= 15 is 0 Å². The molecule has 2 aliphatic heterocycles. The maximum atomic E-state index is 13.3. The molecule has 0 radical (unpaired) electrons. The summed E-state index contributed by atoms with van der Waals surface area (Å²) in [6.45, 7) is 4.95. The van der Waals surface area contributed by atoms with Crippen LogP contribution in [0.3, 0.4) is 0 Å². The molecular formula is C23H27FN6O. The van der Waals surface area contributed by atoms with Crippen molar-refractivity contribution in [2.75, 3.05) is 37.7 Å². The van der Waals surface area contributed by atoms with Crippen molar-refractivity contribution >= 4 is 5.69 Å². The lowest BCUT2D eigenvalue weighted by Gasteiger charge is -2.40. The molecule has 8 heteroatoms. The number of tetrazole rings is 1. The van der Waals surface area contributed by atoms with Crippen molar-refractivity contribution in [3.05, 3.63) is 71.8 Å². The lowest BCUT2D eigenvalue weighted by atomic mass is 10.0. The maximum absolute atomic E-state index is 13.3. The van der Waals surface area contributed by atoms with E-state index in [4.69, 9.17) is 4.74 Å². The van der Waals surface area contributed by atoms with Gasteiger partial charge in [0.1, 0.15) is 5.82 Å². The van der Waals surface area contributed by atoms with Gasteiger partial charge in [-0.2, -0.15) is 0 Å². The Morgan fingerprint density at radius 1 is 1.00 bits per heavy atom. The van der Waals surface area contributed by atoms with E-state index in [1.807, 2.05) is 22.9 Å². The van der Waals surface area contributed by atoms with Gasteiger partial charge in [-0.3, -0.25) is 4.90 Å². The molecule has 0 bridgehead atoms. The zero-order chi connectivity index (χ0) is 21.0. The van der Waals surface area contributed by atoms with Crippen LogP contribution in [-0.4, -0.2) is 64.0 Å². The molecule has 7 nitrogen and oxygen atoms in total. The van der Waals surface area contributed by atoms with Crippen molar-refractivity contribution in [1.82, 2.24) is 25.1 Å². The number of benzene rings is 2. The third-order valence-electron chi connectivity index (χ3n) is 6.19. The number of nitrogens with zero attached hydrogens (tertiary/aromatic N) is 6. The quantitative estimate of drug-likeness (QED) is 0.609. The van der Waals surface area contributed by atoms with E-state index in [1.165, 1.54) is 17.7 Å². The largest absolute Gasteiger partial charge is 0.376 e. The summed E-state index contributed by atoms with van der Waals surface area (Å²) in [5, 5.41) is 12.8. The Hall–Kier alpha value is -2.84. The van der Waals surface area contributed by atoms with E-state index in [0.717, 1.165) is 57.1 Å². The Bertz CT molecular complexity index is 965. The van der Waals surface area contributed by atoms with Crippen LogP contribution in [0.2, 0.25) is 0 Å². The van der Waals surface area contributed by atoms with E-state index in [9.17, 15) is 4.39 Å². The minimum absolute atomic E-state index is 0.0204. The molecule has 0 unspecified atom stereocenters. The van der Waals surface area contributed by atoms with Crippen LogP contribution >= 0.6 is 0 Å². The van der Waals surface area contributed by atoms with Crippen molar-refractivity contribution in [2.24, 2.45) is 0 Å². The molecule has 31 heavy (non-hydrogen) atoms. The number of anilines is 1. The van der Waals surface area contributed by atoms with Crippen molar-refractivity contribution in [2.45, 2.75) is 31.5 Å². The topological polar surface area (TPSA) is 59.3 Å². The van der Waals surface area contributed by atoms with Crippen molar-refractivity contribution < 1.29 is 9.13 Å². The summed E-state index contributed by atoms with van der Waals surface area (Å²) in [7, 11) is 0. The van der Waals surface area contributed by atoms with Gasteiger partial charge in [-0.1, -0.05) is 30.3 Å². The molecule has 2 aromatic carbocycles. The summed E-state index contributed by atoms with van der Waals surface area (Å²) >= 11 is 0. The second-order valence-corrected chi connectivity index (χ2v) is 8.17. The van der Waals surface area contributed by atoms with Crippen LogP contribution in [0.25, 0.3) is 0 Å². The predicted octanol–water partition coefficient (Wildman–Crippen LogP) is 2.90. The number of halogens is 1. The first-order valence-corrected chi connectivity index (χ1v) is 10.9. The van der Waals surface area contributed by atoms with Gasteiger partial charge in [0.05, 0.1) is 18.7 Å². The van der Waals surface area contributed by atoms with E-state index in [0.29, 0.717) is 6.54 Å². The van der Waals surface area contributed by atoms with E-state index in [2.05, 4.69) is 49.6 Å². The molecular weight excluding hydrogens is 395 g/mol. The molecule has 0 amide bonds. The molecule has 0 N–H and O–H groups in total. The molecule has 1 aromatic heterocycles. The predicted molar refractivity (Wildman–Crippen MR) is 115 cm³/mol. The van der Waals surface area contributed by atoms with Crippen LogP contribution < -0.4 is 4.90 Å². The van der Waals surface area contributed by atoms with Crippen LogP contribution in [-0.2, 0) is 11.3 Å². The fourth-order valence-electron chi connectivity index (χ4n) is 4.57. The van der Waals surface area contributed by atoms with E-state index in [1.54, 1.807) is 0 Å². The lowest BCUT2D eigenvalue weighted by molar-refractivity contribution is 0.0906. The summed E-state index contributed by atoms with van der Waals surface area (Å²) in [6.07, 6.45) is 2.32. The number of piperazine rings is 1. The maximum Gasteiger partial charge on any atom is 0.173 e. The Morgan fingerprint density at radius 2 is 1.77 bits per heavy atom. The summed E-state index contributed by atoms with van der Waals surface area (Å²) in [4.78, 5) is 4.74. The van der Waals surface area contributed by atoms with Crippen molar-refractivity contribution in [3.8, 4) is 0 Å². The second-order valence-electron chi connectivity index (χ2n) is 8.17. The molecule has 2 saturated heterocycles. The first kappa shape index (κ1) is 20.1. The van der Waals surface area contributed by atoms with Gasteiger partial charge in [-0.15, -0.1) is 5.10 Å². The van der Waals surface area contributed by atoms with Gasteiger partial charge in [0.15, 0.2) is 5.82 Å². The highest BCUT2D eigenvalue weighted by Gasteiger charge is 2.31. The van der Waals surface area contributed by atoms with Gasteiger partial charge in [-0.25, -0.2) is 9.07 Å². The van der Waals surface area contributed by atoms with Gasteiger partial charge in [-0.05, 0) is 53.1 Å². The normalized spacial score (nSPS) is 20.8. The van der Waals surface area contributed by atoms with Gasteiger partial charge < -0.3 is 9.64 Å². The van der Waals surface area contributed by atoms with Crippen LogP contribution in [0.15, 0.2) is 54.6 Å². The van der Waals surface area contributed by atoms with Crippen LogP contribution in [0.4, 0.5) is 10.1 Å². The molecule has 3 heterocycles. The number of ether oxygens (including phenoxy) is 1. The lowest BCUT2D eigenvalue weighted by Crippen LogP contribution is -2.48. The third-order valence-corrected chi connectivity index (χ3v) is 6.19. The first-order chi connectivity index (χ1) is 15.3. The number of aromatic nitrogens is 4. The van der Waals surface area contributed by atoms with Gasteiger partial charge in [0.2, 0.25) is 0 Å². The second kappa shape index (κ2) is 9.11. The van der Waals surface area contributed by atoms with Gasteiger partial charge >= 0.3 is 0 Å². The molecule has 162 valence electrons. The zero-order valence-corrected chi connectivity index (χ0v) is 17.5. The molecule has 3 aromatic rings. The molecule has 5 rings (SSSR count). The van der Waals surface area contributed by atoms with Crippen molar-refractivity contribution in [1.29, 1.82) is 0 Å². The average Bonchev–Trinajstić information content (AvgIpc) is 3.49. The van der Waals surface area contributed by atoms with Crippen LogP contribution in [0.5, 0.6) is 0 Å².